The highest BCUT2D eigenvalue weighted by atomic mass is 79.9. The third-order valence-corrected chi connectivity index (χ3v) is 7.03. The molecule has 35 heavy (non-hydrogen) atoms. The summed E-state index contributed by atoms with van der Waals surface area (Å²) in [6.07, 6.45) is 5.36. The van der Waals surface area contributed by atoms with Gasteiger partial charge in [0.15, 0.2) is 5.17 Å². The zero-order valence-electron chi connectivity index (χ0n) is 19.8. The molecule has 0 aromatic heterocycles. The maximum absolute atomic E-state index is 12.6. The van der Waals surface area contributed by atoms with Crippen LogP contribution in [0.3, 0.4) is 0 Å². The predicted molar refractivity (Wildman–Crippen MR) is 150 cm³/mol. The number of nitrogens with zero attached hydrogens (tertiary/aromatic N) is 1. The first-order valence-corrected chi connectivity index (χ1v) is 13.1. The van der Waals surface area contributed by atoms with Crippen LogP contribution in [-0.2, 0) is 24.2 Å². The van der Waals surface area contributed by atoms with Crippen LogP contribution in [0.5, 0.6) is 5.75 Å². The Hall–Kier alpha value is -3.09. The van der Waals surface area contributed by atoms with Gasteiger partial charge in [0.25, 0.3) is 5.91 Å². The minimum Gasteiger partial charge on any atom is -0.487 e. The summed E-state index contributed by atoms with van der Waals surface area (Å²) < 4.78 is 7.01. The average molecular weight is 548 g/mol. The van der Waals surface area contributed by atoms with Gasteiger partial charge in [-0.3, -0.25) is 4.79 Å². The zero-order valence-corrected chi connectivity index (χ0v) is 22.2. The number of ether oxygens (including phenoxy) is 1. The van der Waals surface area contributed by atoms with E-state index in [9.17, 15) is 4.79 Å². The number of aliphatic imine (C=N–C) groups is 1. The number of amidine groups is 1. The minimum atomic E-state index is -0.153. The van der Waals surface area contributed by atoms with E-state index in [0.717, 1.165) is 39.0 Å². The molecule has 0 bridgehead atoms. The van der Waals surface area contributed by atoms with E-state index in [1.165, 1.54) is 22.9 Å². The molecule has 1 amide bonds. The number of rotatable bonds is 8. The minimum absolute atomic E-state index is 0.153. The van der Waals surface area contributed by atoms with E-state index in [1.54, 1.807) is 0 Å². The number of amides is 1. The molecular weight excluding hydrogens is 520 g/mol. The van der Waals surface area contributed by atoms with Crippen molar-refractivity contribution in [3.63, 3.8) is 0 Å². The number of carbonyl (C=O) groups excluding carboxylic acids is 1. The number of allylic oxidation sites excluding steroid dienone is 1. The van der Waals surface area contributed by atoms with E-state index >= 15 is 0 Å². The van der Waals surface area contributed by atoms with Gasteiger partial charge in [-0.1, -0.05) is 55.0 Å². The van der Waals surface area contributed by atoms with E-state index in [2.05, 4.69) is 83.1 Å². The number of carbonyl (C=O) groups is 1. The van der Waals surface area contributed by atoms with Gasteiger partial charge >= 0.3 is 0 Å². The van der Waals surface area contributed by atoms with Crippen LogP contribution < -0.4 is 10.1 Å². The van der Waals surface area contributed by atoms with Gasteiger partial charge in [-0.05, 0) is 100 Å². The number of nitrogens with one attached hydrogen (secondary N) is 1. The molecule has 0 aliphatic carbocycles. The summed E-state index contributed by atoms with van der Waals surface area (Å²) in [6.45, 7) is 8.55. The second kappa shape index (κ2) is 11.6. The quantitative estimate of drug-likeness (QED) is 0.235. The molecule has 1 aliphatic heterocycles. The Kier molecular flexibility index (Phi) is 8.26. The highest BCUT2D eigenvalue weighted by Gasteiger charge is 2.24. The second-order valence-electron chi connectivity index (χ2n) is 8.26. The smallest absolute Gasteiger partial charge is 0.264 e. The summed E-state index contributed by atoms with van der Waals surface area (Å²) >= 11 is 5.01. The molecule has 3 aromatic carbocycles. The summed E-state index contributed by atoms with van der Waals surface area (Å²) in [6, 6.07) is 20.4. The highest BCUT2D eigenvalue weighted by Crippen LogP contribution is 2.35. The van der Waals surface area contributed by atoms with Crippen molar-refractivity contribution in [3.05, 3.63) is 111 Å². The highest BCUT2D eigenvalue weighted by molar-refractivity contribution is 9.10. The van der Waals surface area contributed by atoms with Crippen LogP contribution in [0, 0.1) is 6.92 Å². The lowest BCUT2D eigenvalue weighted by Gasteiger charge is -2.14. The van der Waals surface area contributed by atoms with Crippen LogP contribution >= 0.6 is 27.7 Å². The van der Waals surface area contributed by atoms with Crippen LogP contribution in [-0.4, -0.2) is 11.1 Å². The fourth-order valence-electron chi connectivity index (χ4n) is 3.62. The summed E-state index contributed by atoms with van der Waals surface area (Å²) in [7, 11) is 0. The Morgan fingerprint density at radius 3 is 2.49 bits per heavy atom. The Labute approximate surface area is 219 Å². The third kappa shape index (κ3) is 6.53. The molecule has 4 nitrogen and oxygen atoms in total. The van der Waals surface area contributed by atoms with Gasteiger partial charge in [0.1, 0.15) is 12.4 Å². The molecule has 1 fully saturated rings. The van der Waals surface area contributed by atoms with Gasteiger partial charge in [0.2, 0.25) is 0 Å². The molecule has 1 heterocycles. The maximum Gasteiger partial charge on any atom is 0.264 e. The standard InChI is InChI=1S/C29H27BrN2O2S/c1-4-6-23-15-22(16-25(30)27(23)34-18-21-9-7-19(3)8-10-21)17-26-28(33)32-29(35-26)31-24-13-11-20(5-2)12-14-24/h4,7-17H,1,5-6,18H2,2-3H3,(H,31,32,33)/b26-17-. The van der Waals surface area contributed by atoms with E-state index in [1.807, 2.05) is 36.4 Å². The molecule has 6 heteroatoms. The maximum atomic E-state index is 12.6. The fraction of sp³-hybridized carbons (Fsp3) is 0.172. The lowest BCUT2D eigenvalue weighted by atomic mass is 10.1. The Balaban J connectivity index is 1.54. The van der Waals surface area contributed by atoms with Gasteiger partial charge in [0, 0.05) is 0 Å². The number of benzene rings is 3. The molecule has 4 rings (SSSR count). The SMILES string of the molecule is C=CCc1cc(/C=C2\SC(=Nc3ccc(CC)cc3)NC2=O)cc(Br)c1OCc1ccc(C)cc1. The largest absolute Gasteiger partial charge is 0.487 e. The van der Waals surface area contributed by atoms with Gasteiger partial charge in [-0.15, -0.1) is 6.58 Å². The van der Waals surface area contributed by atoms with Crippen molar-refractivity contribution >= 4 is 50.5 Å². The van der Waals surface area contributed by atoms with Crippen LogP contribution in [0.1, 0.15) is 34.7 Å². The topological polar surface area (TPSA) is 50.7 Å². The van der Waals surface area contributed by atoms with Gasteiger partial charge in [-0.25, -0.2) is 4.99 Å². The molecule has 1 saturated heterocycles. The molecule has 3 aromatic rings. The zero-order chi connectivity index (χ0) is 24.8. The lowest BCUT2D eigenvalue weighted by Crippen LogP contribution is -2.19. The molecule has 0 spiro atoms. The van der Waals surface area contributed by atoms with Crippen LogP contribution in [0.25, 0.3) is 6.08 Å². The van der Waals surface area contributed by atoms with Crippen molar-refractivity contribution in [1.82, 2.24) is 5.32 Å². The van der Waals surface area contributed by atoms with Crippen LogP contribution in [0.4, 0.5) is 5.69 Å². The molecule has 1 aliphatic rings. The number of thioether (sulfide) groups is 1. The second-order valence-corrected chi connectivity index (χ2v) is 10.1. The predicted octanol–water partition coefficient (Wildman–Crippen LogP) is 7.52. The first-order chi connectivity index (χ1) is 16.9. The molecular formula is C29H27BrN2O2S. The summed E-state index contributed by atoms with van der Waals surface area (Å²) in [5.41, 5.74) is 6.30. The number of hydrogen-bond acceptors (Lipinski definition) is 4. The summed E-state index contributed by atoms with van der Waals surface area (Å²) in [4.78, 5) is 17.8. The summed E-state index contributed by atoms with van der Waals surface area (Å²) in [5.74, 6) is 0.633. The fourth-order valence-corrected chi connectivity index (χ4v) is 5.10. The van der Waals surface area contributed by atoms with Crippen LogP contribution in [0.15, 0.2) is 87.7 Å². The number of hydrogen-bond donors (Lipinski definition) is 1. The van der Waals surface area contributed by atoms with Crippen molar-refractivity contribution in [2.75, 3.05) is 0 Å². The van der Waals surface area contributed by atoms with E-state index in [-0.39, 0.29) is 5.91 Å². The first kappa shape index (κ1) is 25.0. The molecule has 0 radical (unpaired) electrons. The molecule has 0 unspecified atom stereocenters. The number of aryl methyl sites for hydroxylation is 2. The van der Waals surface area contributed by atoms with Gasteiger partial charge in [0.05, 0.1) is 15.1 Å². The number of halogens is 1. The van der Waals surface area contributed by atoms with Gasteiger partial charge < -0.3 is 10.1 Å². The van der Waals surface area contributed by atoms with Crippen molar-refractivity contribution in [2.24, 2.45) is 4.99 Å². The molecule has 1 N–H and O–H groups in total. The Morgan fingerprint density at radius 1 is 1.09 bits per heavy atom. The Morgan fingerprint density at radius 2 is 1.80 bits per heavy atom. The third-order valence-electron chi connectivity index (χ3n) is 5.53. The molecule has 178 valence electrons. The van der Waals surface area contributed by atoms with Crippen molar-refractivity contribution in [2.45, 2.75) is 33.3 Å². The summed E-state index contributed by atoms with van der Waals surface area (Å²) in [5, 5.41) is 3.44. The molecule has 0 atom stereocenters. The Bertz CT molecular complexity index is 1300. The van der Waals surface area contributed by atoms with E-state index < -0.39 is 0 Å². The van der Waals surface area contributed by atoms with Crippen molar-refractivity contribution in [1.29, 1.82) is 0 Å². The molecule has 0 saturated carbocycles. The van der Waals surface area contributed by atoms with Crippen molar-refractivity contribution < 1.29 is 9.53 Å². The first-order valence-electron chi connectivity index (χ1n) is 11.5. The van der Waals surface area contributed by atoms with Gasteiger partial charge in [-0.2, -0.15) is 0 Å². The van der Waals surface area contributed by atoms with Crippen LogP contribution in [0.2, 0.25) is 0 Å². The van der Waals surface area contributed by atoms with Crippen molar-refractivity contribution in [3.8, 4) is 5.75 Å². The van der Waals surface area contributed by atoms with E-state index in [4.69, 9.17) is 4.74 Å². The lowest BCUT2D eigenvalue weighted by molar-refractivity contribution is -0.115. The van der Waals surface area contributed by atoms with E-state index in [0.29, 0.717) is 23.1 Å². The average Bonchev–Trinajstić information content (AvgIpc) is 3.18. The normalized spacial score (nSPS) is 15.5. The monoisotopic (exact) mass is 546 g/mol.